The largest absolute Gasteiger partial charge is 0.417 e. The van der Waals surface area contributed by atoms with Crippen LogP contribution in [0.2, 0.25) is 0 Å². The van der Waals surface area contributed by atoms with E-state index in [1.54, 1.807) is 0 Å². The lowest BCUT2D eigenvalue weighted by molar-refractivity contribution is 0.206. The lowest BCUT2D eigenvalue weighted by atomic mass is 10.0. The third-order valence-electron chi connectivity index (χ3n) is 3.05. The number of aryl methyl sites for hydroxylation is 1. The van der Waals surface area contributed by atoms with Crippen molar-refractivity contribution in [2.75, 3.05) is 5.32 Å². The summed E-state index contributed by atoms with van der Waals surface area (Å²) in [6.07, 6.45) is 1.41. The molecule has 0 spiro atoms. The number of anilines is 1. The van der Waals surface area contributed by atoms with E-state index in [-0.39, 0.29) is 0 Å². The number of fused-ring (bicyclic) bond motifs is 1. The molecule has 3 nitrogen and oxygen atoms in total. The van der Waals surface area contributed by atoms with E-state index >= 15 is 0 Å². The second kappa shape index (κ2) is 5.13. The number of nitrogens with one attached hydrogen (secondary N) is 1. The number of carbonyl (C=O) groups excluding carboxylic acids is 1. The normalized spacial score (nSPS) is 15.5. The highest BCUT2D eigenvalue weighted by molar-refractivity contribution is 9.10. The molecule has 1 aliphatic heterocycles. The Morgan fingerprint density at radius 2 is 1.90 bits per heavy atom. The van der Waals surface area contributed by atoms with Crippen molar-refractivity contribution in [2.45, 2.75) is 6.92 Å². The van der Waals surface area contributed by atoms with Gasteiger partial charge >= 0.3 is 6.09 Å². The van der Waals surface area contributed by atoms with E-state index in [0.29, 0.717) is 5.76 Å². The molecule has 1 aliphatic rings. The van der Waals surface area contributed by atoms with E-state index in [1.807, 2.05) is 55.5 Å². The first kappa shape index (κ1) is 12.9. The van der Waals surface area contributed by atoms with Gasteiger partial charge in [-0.1, -0.05) is 39.7 Å². The van der Waals surface area contributed by atoms with Gasteiger partial charge in [-0.05, 0) is 42.8 Å². The van der Waals surface area contributed by atoms with Gasteiger partial charge in [-0.15, -0.1) is 0 Å². The van der Waals surface area contributed by atoms with E-state index in [0.717, 1.165) is 26.9 Å². The van der Waals surface area contributed by atoms with Crippen LogP contribution in [0, 0.1) is 6.92 Å². The molecular formula is C16H12BrNO2. The van der Waals surface area contributed by atoms with Gasteiger partial charge in [-0.25, -0.2) is 4.79 Å². The Kier molecular flexibility index (Phi) is 3.32. The van der Waals surface area contributed by atoms with Crippen molar-refractivity contribution in [3.8, 4) is 0 Å². The van der Waals surface area contributed by atoms with Gasteiger partial charge in [0.05, 0.1) is 5.69 Å². The summed E-state index contributed by atoms with van der Waals surface area (Å²) in [5.41, 5.74) is 3.76. The zero-order valence-corrected chi connectivity index (χ0v) is 12.4. The van der Waals surface area contributed by atoms with Crippen molar-refractivity contribution < 1.29 is 9.53 Å². The van der Waals surface area contributed by atoms with Gasteiger partial charge < -0.3 is 4.74 Å². The molecule has 0 aliphatic carbocycles. The van der Waals surface area contributed by atoms with Crippen LogP contribution in [-0.2, 0) is 4.74 Å². The lowest BCUT2D eigenvalue weighted by Gasteiger charge is -2.20. The summed E-state index contributed by atoms with van der Waals surface area (Å²) in [6, 6.07) is 13.7. The molecule has 0 aromatic heterocycles. The van der Waals surface area contributed by atoms with Crippen LogP contribution < -0.4 is 5.32 Å². The zero-order chi connectivity index (χ0) is 14.1. The van der Waals surface area contributed by atoms with E-state index in [9.17, 15) is 4.79 Å². The van der Waals surface area contributed by atoms with Crippen LogP contribution in [0.3, 0.4) is 0 Å². The number of amides is 1. The van der Waals surface area contributed by atoms with Crippen molar-refractivity contribution in [1.82, 2.24) is 0 Å². The fourth-order valence-electron chi connectivity index (χ4n) is 2.08. The summed E-state index contributed by atoms with van der Waals surface area (Å²) in [5.74, 6) is 0.565. The lowest BCUT2D eigenvalue weighted by Crippen LogP contribution is -2.19. The van der Waals surface area contributed by atoms with Gasteiger partial charge in [0, 0.05) is 10.0 Å². The topological polar surface area (TPSA) is 38.3 Å². The molecule has 0 fully saturated rings. The molecular weight excluding hydrogens is 318 g/mol. The Labute approximate surface area is 125 Å². The Hall–Kier alpha value is -2.07. The molecule has 0 radical (unpaired) electrons. The molecule has 1 heterocycles. The van der Waals surface area contributed by atoms with Gasteiger partial charge in [-0.3, -0.25) is 5.32 Å². The highest BCUT2D eigenvalue weighted by Gasteiger charge is 2.20. The molecule has 3 rings (SSSR count). The summed E-state index contributed by atoms with van der Waals surface area (Å²) in [4.78, 5) is 11.6. The highest BCUT2D eigenvalue weighted by atomic mass is 79.9. The zero-order valence-electron chi connectivity index (χ0n) is 10.8. The highest BCUT2D eigenvalue weighted by Crippen LogP contribution is 2.32. The minimum absolute atomic E-state index is 0.454. The summed E-state index contributed by atoms with van der Waals surface area (Å²) < 4.78 is 6.31. The molecule has 2 aromatic carbocycles. The first-order valence-corrected chi connectivity index (χ1v) is 6.98. The number of benzene rings is 2. The van der Waals surface area contributed by atoms with Crippen LogP contribution in [-0.4, -0.2) is 6.09 Å². The number of hydrogen-bond donors (Lipinski definition) is 1. The van der Waals surface area contributed by atoms with E-state index < -0.39 is 6.09 Å². The van der Waals surface area contributed by atoms with E-state index in [2.05, 4.69) is 21.2 Å². The summed E-state index contributed by atoms with van der Waals surface area (Å²) in [7, 11) is 0. The fourth-order valence-corrected chi connectivity index (χ4v) is 2.34. The molecule has 0 saturated heterocycles. The standard InChI is InChI=1S/C16H12BrNO2/c1-10-2-7-14-13(8-10)15(20-16(19)18-14)9-11-3-5-12(17)6-4-11/h2-9H,1H3,(H,18,19)/b15-9-. The Bertz CT molecular complexity index is 705. The Balaban J connectivity index is 2.08. The second-order valence-corrected chi connectivity index (χ2v) is 5.54. The van der Waals surface area contributed by atoms with E-state index in [1.165, 1.54) is 0 Å². The number of hydrogen-bond acceptors (Lipinski definition) is 2. The molecule has 0 bridgehead atoms. The number of cyclic esters (lactones) is 1. The summed E-state index contributed by atoms with van der Waals surface area (Å²) in [5, 5.41) is 2.70. The van der Waals surface area contributed by atoms with Gasteiger partial charge in [0.25, 0.3) is 0 Å². The molecule has 4 heteroatoms. The molecule has 1 N–H and O–H groups in total. The van der Waals surface area contributed by atoms with Crippen LogP contribution in [0.15, 0.2) is 46.9 Å². The third-order valence-corrected chi connectivity index (χ3v) is 3.58. The molecule has 2 aromatic rings. The maximum absolute atomic E-state index is 11.6. The third kappa shape index (κ3) is 2.60. The number of ether oxygens (including phenoxy) is 1. The van der Waals surface area contributed by atoms with Crippen LogP contribution in [0.25, 0.3) is 11.8 Å². The molecule has 0 atom stereocenters. The smallest absolute Gasteiger partial charge is 0.409 e. The maximum Gasteiger partial charge on any atom is 0.417 e. The second-order valence-electron chi connectivity index (χ2n) is 4.62. The first-order chi connectivity index (χ1) is 9.61. The van der Waals surface area contributed by atoms with Crippen LogP contribution in [0.5, 0.6) is 0 Å². The summed E-state index contributed by atoms with van der Waals surface area (Å²) in [6.45, 7) is 2.01. The molecule has 0 unspecified atom stereocenters. The number of rotatable bonds is 1. The van der Waals surface area contributed by atoms with Gasteiger partial charge in [0.2, 0.25) is 0 Å². The fraction of sp³-hybridized carbons (Fsp3) is 0.0625. The first-order valence-electron chi connectivity index (χ1n) is 6.19. The van der Waals surface area contributed by atoms with Gasteiger partial charge in [0.1, 0.15) is 5.76 Å². The minimum atomic E-state index is -0.454. The SMILES string of the molecule is Cc1ccc2c(c1)/C(=C/c1ccc(Br)cc1)OC(=O)N2. The predicted octanol–water partition coefficient (Wildman–Crippen LogP) is 4.82. The maximum atomic E-state index is 11.6. The molecule has 20 heavy (non-hydrogen) atoms. The Morgan fingerprint density at radius 1 is 1.15 bits per heavy atom. The monoisotopic (exact) mass is 329 g/mol. The van der Waals surface area contributed by atoms with Crippen LogP contribution >= 0.6 is 15.9 Å². The minimum Gasteiger partial charge on any atom is -0.409 e. The summed E-state index contributed by atoms with van der Waals surface area (Å²) >= 11 is 3.40. The number of halogens is 1. The molecule has 100 valence electrons. The Morgan fingerprint density at radius 3 is 2.65 bits per heavy atom. The van der Waals surface area contributed by atoms with Crippen LogP contribution in [0.4, 0.5) is 10.5 Å². The van der Waals surface area contributed by atoms with Crippen molar-refractivity contribution in [1.29, 1.82) is 0 Å². The average molecular weight is 330 g/mol. The van der Waals surface area contributed by atoms with E-state index in [4.69, 9.17) is 4.74 Å². The van der Waals surface area contributed by atoms with Gasteiger partial charge in [-0.2, -0.15) is 0 Å². The van der Waals surface area contributed by atoms with Crippen molar-refractivity contribution in [2.24, 2.45) is 0 Å². The quantitative estimate of drug-likeness (QED) is 0.814. The van der Waals surface area contributed by atoms with Crippen molar-refractivity contribution in [3.05, 3.63) is 63.6 Å². The van der Waals surface area contributed by atoms with Gasteiger partial charge in [0.15, 0.2) is 0 Å². The van der Waals surface area contributed by atoms with Crippen molar-refractivity contribution in [3.63, 3.8) is 0 Å². The molecule has 1 amide bonds. The number of carbonyl (C=O) groups is 1. The van der Waals surface area contributed by atoms with Crippen LogP contribution in [0.1, 0.15) is 16.7 Å². The van der Waals surface area contributed by atoms with Crippen molar-refractivity contribution >= 4 is 39.5 Å². The predicted molar refractivity (Wildman–Crippen MR) is 83.3 cm³/mol. The molecule has 0 saturated carbocycles. The average Bonchev–Trinajstić information content (AvgIpc) is 2.42.